The van der Waals surface area contributed by atoms with Crippen molar-refractivity contribution in [2.45, 2.75) is 72.2 Å². The van der Waals surface area contributed by atoms with Gasteiger partial charge in [-0.15, -0.1) is 0 Å². The molecular weight excluding hydrogens is 477 g/mol. The summed E-state index contributed by atoms with van der Waals surface area (Å²) < 4.78 is 42.9. The molecule has 36 heavy (non-hydrogen) atoms. The Morgan fingerprint density at radius 1 is 1.06 bits per heavy atom. The molecule has 3 rings (SSSR count). The molecule has 1 saturated heterocycles. The van der Waals surface area contributed by atoms with Gasteiger partial charge < -0.3 is 14.3 Å². The number of piperidine rings is 1. The fourth-order valence-corrected chi connectivity index (χ4v) is 4.30. The number of carboxylic acids is 1. The molecule has 2 aromatic heterocycles. The molecule has 0 spiro atoms. The second-order valence-electron chi connectivity index (χ2n) is 9.59. The standard InChI is InChI=1S/C24H34N2O3.C2HF3O2/c1-17(2)23(18(3)4)21-10-8-19(14-25-21)16-28-24(27)22-11-9-20(29-22)15-26-12-6-5-7-13-26;3-2(4,5)1(6)7/h8-11,14,17-18,23H,5-7,12-13,15-16H2,1-4H3;(H,6,7). The van der Waals surface area contributed by atoms with Crippen molar-refractivity contribution >= 4 is 11.9 Å². The number of likely N-dealkylation sites (tertiary alicyclic amines) is 1. The second-order valence-corrected chi connectivity index (χ2v) is 9.59. The lowest BCUT2D eigenvalue weighted by molar-refractivity contribution is -0.192. The summed E-state index contributed by atoms with van der Waals surface area (Å²) in [5.41, 5.74) is 1.98. The fourth-order valence-electron chi connectivity index (χ4n) is 4.30. The maximum absolute atomic E-state index is 12.3. The van der Waals surface area contributed by atoms with Crippen molar-refractivity contribution < 1.29 is 37.0 Å². The van der Waals surface area contributed by atoms with Crippen LogP contribution in [0.3, 0.4) is 0 Å². The van der Waals surface area contributed by atoms with E-state index in [1.807, 2.05) is 18.3 Å². The lowest BCUT2D eigenvalue weighted by Crippen LogP contribution is -2.28. The van der Waals surface area contributed by atoms with Crippen molar-refractivity contribution in [3.8, 4) is 0 Å². The largest absolute Gasteiger partial charge is 0.490 e. The smallest absolute Gasteiger partial charge is 0.475 e. The van der Waals surface area contributed by atoms with E-state index in [2.05, 4.69) is 43.6 Å². The van der Waals surface area contributed by atoms with Crippen molar-refractivity contribution in [2.75, 3.05) is 13.1 Å². The zero-order valence-electron chi connectivity index (χ0n) is 21.2. The summed E-state index contributed by atoms with van der Waals surface area (Å²) in [5, 5.41) is 7.12. The first kappa shape index (κ1) is 29.4. The van der Waals surface area contributed by atoms with Crippen LogP contribution < -0.4 is 0 Å². The maximum Gasteiger partial charge on any atom is 0.490 e. The van der Waals surface area contributed by atoms with Crippen LogP contribution in [0, 0.1) is 11.8 Å². The number of rotatable bonds is 8. The number of aromatic nitrogens is 1. The number of hydrogen-bond donors (Lipinski definition) is 1. The Morgan fingerprint density at radius 3 is 2.17 bits per heavy atom. The summed E-state index contributed by atoms with van der Waals surface area (Å²) in [6.45, 7) is 12.1. The quantitative estimate of drug-likeness (QED) is 0.431. The van der Waals surface area contributed by atoms with Crippen LogP contribution in [-0.2, 0) is 22.7 Å². The second kappa shape index (κ2) is 13.4. The summed E-state index contributed by atoms with van der Waals surface area (Å²) in [7, 11) is 0. The van der Waals surface area contributed by atoms with Gasteiger partial charge in [0.15, 0.2) is 0 Å². The number of esters is 1. The Kier molecular flexibility index (Phi) is 11.0. The van der Waals surface area contributed by atoms with E-state index >= 15 is 0 Å². The number of carbonyl (C=O) groups is 2. The molecule has 0 aromatic carbocycles. The highest BCUT2D eigenvalue weighted by Crippen LogP contribution is 2.30. The van der Waals surface area contributed by atoms with Crippen LogP contribution in [-0.4, -0.2) is 46.2 Å². The molecule has 0 saturated carbocycles. The average Bonchev–Trinajstić information content (AvgIpc) is 3.27. The monoisotopic (exact) mass is 512 g/mol. The van der Waals surface area contributed by atoms with Gasteiger partial charge in [-0.3, -0.25) is 9.88 Å². The van der Waals surface area contributed by atoms with Gasteiger partial charge in [-0.2, -0.15) is 13.2 Å². The fraction of sp³-hybridized carbons (Fsp3) is 0.577. The number of aliphatic carboxylic acids is 1. The first-order valence-electron chi connectivity index (χ1n) is 12.1. The Morgan fingerprint density at radius 2 is 1.67 bits per heavy atom. The highest BCUT2D eigenvalue weighted by atomic mass is 19.4. The Balaban J connectivity index is 0.000000572. The normalized spacial score (nSPS) is 14.6. The molecule has 200 valence electrons. The van der Waals surface area contributed by atoms with E-state index < -0.39 is 18.1 Å². The number of furan rings is 1. The first-order valence-corrected chi connectivity index (χ1v) is 12.1. The van der Waals surface area contributed by atoms with Crippen LogP contribution >= 0.6 is 0 Å². The SMILES string of the molecule is CC(C)C(c1ccc(COC(=O)c2ccc(CN3CCCCC3)o2)cn1)C(C)C.O=C(O)C(F)(F)F. The molecule has 1 aliphatic heterocycles. The van der Waals surface area contributed by atoms with E-state index in [0.29, 0.717) is 17.8 Å². The van der Waals surface area contributed by atoms with Crippen LogP contribution in [0.2, 0.25) is 0 Å². The van der Waals surface area contributed by atoms with E-state index in [4.69, 9.17) is 19.1 Å². The van der Waals surface area contributed by atoms with Gasteiger partial charge in [0.25, 0.3) is 0 Å². The van der Waals surface area contributed by atoms with Gasteiger partial charge >= 0.3 is 18.1 Å². The molecule has 0 atom stereocenters. The number of carboxylic acid groups (broad SMARTS) is 1. The number of carbonyl (C=O) groups excluding carboxylic acids is 1. The molecule has 3 heterocycles. The molecule has 1 N–H and O–H groups in total. The van der Waals surface area contributed by atoms with Crippen LogP contribution in [0.5, 0.6) is 0 Å². The molecule has 10 heteroatoms. The minimum absolute atomic E-state index is 0.197. The third kappa shape index (κ3) is 9.29. The topological polar surface area (TPSA) is 92.9 Å². The molecule has 1 fully saturated rings. The van der Waals surface area contributed by atoms with E-state index in [-0.39, 0.29) is 12.4 Å². The molecule has 0 bridgehead atoms. The van der Waals surface area contributed by atoms with Crippen molar-refractivity contribution in [3.63, 3.8) is 0 Å². The van der Waals surface area contributed by atoms with Crippen LogP contribution in [0.25, 0.3) is 0 Å². The average molecular weight is 513 g/mol. The lowest BCUT2D eigenvalue weighted by Gasteiger charge is -2.25. The maximum atomic E-state index is 12.3. The number of pyridine rings is 1. The van der Waals surface area contributed by atoms with Crippen molar-refractivity contribution in [1.82, 2.24) is 9.88 Å². The van der Waals surface area contributed by atoms with Gasteiger partial charge in [0.1, 0.15) is 12.4 Å². The summed E-state index contributed by atoms with van der Waals surface area (Å²) in [5.74, 6) is -0.616. The zero-order chi connectivity index (χ0) is 26.9. The summed E-state index contributed by atoms with van der Waals surface area (Å²) >= 11 is 0. The van der Waals surface area contributed by atoms with Crippen LogP contribution in [0.4, 0.5) is 13.2 Å². The van der Waals surface area contributed by atoms with E-state index in [1.165, 1.54) is 19.3 Å². The third-order valence-electron chi connectivity index (χ3n) is 5.93. The van der Waals surface area contributed by atoms with E-state index in [9.17, 15) is 18.0 Å². The highest BCUT2D eigenvalue weighted by Gasteiger charge is 2.38. The minimum atomic E-state index is -5.08. The van der Waals surface area contributed by atoms with Crippen LogP contribution in [0.15, 0.2) is 34.9 Å². The number of hydrogen-bond acceptors (Lipinski definition) is 6. The third-order valence-corrected chi connectivity index (χ3v) is 5.93. The summed E-state index contributed by atoms with van der Waals surface area (Å²) in [6, 6.07) is 7.63. The van der Waals surface area contributed by atoms with Gasteiger partial charge in [-0.25, -0.2) is 9.59 Å². The minimum Gasteiger partial charge on any atom is -0.475 e. The molecular formula is C26H35F3N2O5. The number of ether oxygens (including phenoxy) is 1. The van der Waals surface area contributed by atoms with Crippen LogP contribution in [0.1, 0.15) is 80.4 Å². The molecule has 0 unspecified atom stereocenters. The summed E-state index contributed by atoms with van der Waals surface area (Å²) in [6.07, 6.45) is 0.497. The molecule has 0 amide bonds. The molecule has 7 nitrogen and oxygen atoms in total. The van der Waals surface area contributed by atoms with Crippen molar-refractivity contribution in [1.29, 1.82) is 0 Å². The highest BCUT2D eigenvalue weighted by molar-refractivity contribution is 5.86. The number of nitrogens with zero attached hydrogens (tertiary/aromatic N) is 2. The summed E-state index contributed by atoms with van der Waals surface area (Å²) in [4.78, 5) is 28.2. The Hall–Kier alpha value is -2.88. The first-order chi connectivity index (χ1) is 16.9. The van der Waals surface area contributed by atoms with Gasteiger partial charge in [0.2, 0.25) is 5.76 Å². The predicted molar refractivity (Wildman–Crippen MR) is 127 cm³/mol. The van der Waals surface area contributed by atoms with Crippen molar-refractivity contribution in [2.24, 2.45) is 11.8 Å². The van der Waals surface area contributed by atoms with Gasteiger partial charge in [0.05, 0.1) is 6.54 Å². The molecule has 0 aliphatic carbocycles. The van der Waals surface area contributed by atoms with E-state index in [1.54, 1.807) is 6.07 Å². The molecule has 0 radical (unpaired) electrons. The lowest BCUT2D eigenvalue weighted by atomic mass is 9.82. The Bertz CT molecular complexity index is 957. The number of alkyl halides is 3. The van der Waals surface area contributed by atoms with Gasteiger partial charge in [-0.1, -0.05) is 40.2 Å². The van der Waals surface area contributed by atoms with Crippen molar-refractivity contribution in [3.05, 3.63) is 53.2 Å². The van der Waals surface area contributed by atoms with Gasteiger partial charge in [-0.05, 0) is 56.0 Å². The van der Waals surface area contributed by atoms with E-state index in [0.717, 1.165) is 36.7 Å². The van der Waals surface area contributed by atoms with Gasteiger partial charge in [0, 0.05) is 23.4 Å². The predicted octanol–water partition coefficient (Wildman–Crippen LogP) is 6.05. The Labute approximate surface area is 209 Å². The zero-order valence-corrected chi connectivity index (χ0v) is 21.2. The number of halogens is 3. The molecule has 2 aromatic rings. The molecule has 1 aliphatic rings.